The SMILES string of the molecule is CC(Sc1ncc(-c2ccccc2)n1CC1CCCO1)C(=O)c1ccc2c(c1)NC(=O)CO2. The zero-order valence-corrected chi connectivity index (χ0v) is 19.1. The van der Waals surface area contributed by atoms with E-state index in [0.717, 1.165) is 35.9 Å². The lowest BCUT2D eigenvalue weighted by molar-refractivity contribution is -0.118. The number of benzene rings is 2. The van der Waals surface area contributed by atoms with E-state index >= 15 is 0 Å². The Morgan fingerprint density at radius 2 is 2.12 bits per heavy atom. The maximum atomic E-state index is 13.2. The fraction of sp³-hybridized carbons (Fsp3) is 0.320. The van der Waals surface area contributed by atoms with Crippen molar-refractivity contribution in [1.29, 1.82) is 0 Å². The van der Waals surface area contributed by atoms with E-state index in [0.29, 0.717) is 23.5 Å². The minimum absolute atomic E-state index is 0.0103. The number of ether oxygens (including phenoxy) is 2. The number of Topliss-reactive ketones (excluding diaryl/α,β-unsaturated/α-hetero) is 1. The fourth-order valence-corrected chi connectivity index (χ4v) is 5.12. The third kappa shape index (κ3) is 4.67. The second-order valence-electron chi connectivity index (χ2n) is 8.21. The summed E-state index contributed by atoms with van der Waals surface area (Å²) in [7, 11) is 0. The first-order chi connectivity index (χ1) is 16.1. The van der Waals surface area contributed by atoms with Crippen LogP contribution in [0.2, 0.25) is 0 Å². The van der Waals surface area contributed by atoms with E-state index in [-0.39, 0.29) is 29.7 Å². The number of ketones is 1. The lowest BCUT2D eigenvalue weighted by atomic mass is 10.1. The van der Waals surface area contributed by atoms with Gasteiger partial charge in [0.1, 0.15) is 5.75 Å². The Bertz CT molecular complexity index is 1170. The van der Waals surface area contributed by atoms with Crippen molar-refractivity contribution >= 4 is 29.1 Å². The summed E-state index contributed by atoms with van der Waals surface area (Å²) in [4.78, 5) is 29.5. The van der Waals surface area contributed by atoms with Crippen LogP contribution in [0.1, 0.15) is 30.1 Å². The molecule has 3 heterocycles. The van der Waals surface area contributed by atoms with Crippen LogP contribution in [-0.4, -0.2) is 45.8 Å². The molecule has 1 aromatic heterocycles. The first kappa shape index (κ1) is 21.7. The Labute approximate surface area is 196 Å². The first-order valence-corrected chi connectivity index (χ1v) is 12.0. The standard InChI is InChI=1S/C25H25N3O4S/c1-16(24(30)18-9-10-22-20(12-18)27-23(29)15-32-22)33-25-26-13-21(17-6-3-2-4-7-17)28(25)14-19-8-5-11-31-19/h2-4,6-7,9-10,12-13,16,19H,5,8,11,14-15H2,1H3,(H,27,29). The summed E-state index contributed by atoms with van der Waals surface area (Å²) >= 11 is 1.44. The molecule has 1 amide bonds. The molecular weight excluding hydrogens is 438 g/mol. The molecular formula is C25H25N3O4S. The van der Waals surface area contributed by atoms with Crippen molar-refractivity contribution < 1.29 is 19.1 Å². The number of imidazole rings is 1. The lowest BCUT2D eigenvalue weighted by Gasteiger charge is -2.19. The van der Waals surface area contributed by atoms with Gasteiger partial charge in [0.15, 0.2) is 17.5 Å². The third-order valence-corrected chi connectivity index (χ3v) is 6.95. The van der Waals surface area contributed by atoms with E-state index in [9.17, 15) is 9.59 Å². The van der Waals surface area contributed by atoms with Gasteiger partial charge in [-0.1, -0.05) is 42.1 Å². The number of thioether (sulfide) groups is 1. The number of aromatic nitrogens is 2. The molecule has 2 atom stereocenters. The molecule has 0 aliphatic carbocycles. The first-order valence-electron chi connectivity index (χ1n) is 11.1. The van der Waals surface area contributed by atoms with E-state index in [1.807, 2.05) is 31.3 Å². The van der Waals surface area contributed by atoms with E-state index in [4.69, 9.17) is 9.47 Å². The summed E-state index contributed by atoms with van der Waals surface area (Å²) in [6.07, 6.45) is 4.11. The van der Waals surface area contributed by atoms with Crippen LogP contribution in [0.5, 0.6) is 5.75 Å². The summed E-state index contributed by atoms with van der Waals surface area (Å²) in [6.45, 7) is 3.37. The summed E-state index contributed by atoms with van der Waals surface area (Å²) < 4.78 is 13.4. The quantitative estimate of drug-likeness (QED) is 0.413. The minimum atomic E-state index is -0.363. The molecule has 0 spiro atoms. The average Bonchev–Trinajstić information content (AvgIpc) is 3.49. The molecule has 1 N–H and O–H groups in total. The molecule has 3 aromatic rings. The van der Waals surface area contributed by atoms with Gasteiger partial charge in [-0.25, -0.2) is 4.98 Å². The van der Waals surface area contributed by atoms with Gasteiger partial charge in [-0.15, -0.1) is 0 Å². The summed E-state index contributed by atoms with van der Waals surface area (Å²) in [5.74, 6) is 0.320. The van der Waals surface area contributed by atoms with Crippen molar-refractivity contribution in [2.24, 2.45) is 0 Å². The van der Waals surface area contributed by atoms with Crippen molar-refractivity contribution in [2.75, 3.05) is 18.5 Å². The van der Waals surface area contributed by atoms with Crippen LogP contribution in [0.15, 0.2) is 59.9 Å². The second kappa shape index (κ2) is 9.41. The van der Waals surface area contributed by atoms with E-state index in [2.05, 4.69) is 27.0 Å². The third-order valence-electron chi connectivity index (χ3n) is 5.85. The van der Waals surface area contributed by atoms with Crippen LogP contribution < -0.4 is 10.1 Å². The summed E-state index contributed by atoms with van der Waals surface area (Å²) in [5.41, 5.74) is 3.15. The molecule has 2 aromatic carbocycles. The number of fused-ring (bicyclic) bond motifs is 1. The average molecular weight is 464 g/mol. The van der Waals surface area contributed by atoms with Gasteiger partial charge in [0, 0.05) is 12.2 Å². The maximum absolute atomic E-state index is 13.2. The molecule has 1 fully saturated rings. The fourth-order valence-electron chi connectivity index (χ4n) is 4.14. The zero-order chi connectivity index (χ0) is 22.8. The van der Waals surface area contributed by atoms with Gasteiger partial charge in [0.2, 0.25) is 0 Å². The zero-order valence-electron chi connectivity index (χ0n) is 18.3. The van der Waals surface area contributed by atoms with Crippen LogP contribution >= 0.6 is 11.8 Å². The van der Waals surface area contributed by atoms with Gasteiger partial charge in [-0.05, 0) is 43.5 Å². The number of nitrogens with one attached hydrogen (secondary N) is 1. The lowest BCUT2D eigenvalue weighted by Crippen LogP contribution is -2.26. The number of amides is 1. The number of rotatable bonds is 7. The predicted molar refractivity (Wildman–Crippen MR) is 127 cm³/mol. The topological polar surface area (TPSA) is 82.5 Å². The number of nitrogens with zero attached hydrogens (tertiary/aromatic N) is 2. The van der Waals surface area contributed by atoms with Crippen molar-refractivity contribution in [3.63, 3.8) is 0 Å². The molecule has 2 aliphatic rings. The molecule has 0 bridgehead atoms. The van der Waals surface area contributed by atoms with Gasteiger partial charge in [0.25, 0.3) is 5.91 Å². The van der Waals surface area contributed by atoms with E-state index < -0.39 is 0 Å². The van der Waals surface area contributed by atoms with E-state index in [1.54, 1.807) is 18.2 Å². The van der Waals surface area contributed by atoms with Gasteiger partial charge in [-0.2, -0.15) is 0 Å². The highest BCUT2D eigenvalue weighted by Crippen LogP contribution is 2.33. The molecule has 1 saturated heterocycles. The number of anilines is 1. The molecule has 0 saturated carbocycles. The van der Waals surface area contributed by atoms with Crippen molar-refractivity contribution in [1.82, 2.24) is 9.55 Å². The molecule has 8 heteroatoms. The monoisotopic (exact) mass is 463 g/mol. The molecule has 7 nitrogen and oxygen atoms in total. The Morgan fingerprint density at radius 1 is 1.27 bits per heavy atom. The molecule has 170 valence electrons. The normalized spacial score (nSPS) is 18.3. The molecule has 33 heavy (non-hydrogen) atoms. The Morgan fingerprint density at radius 3 is 2.91 bits per heavy atom. The Kier molecular flexibility index (Phi) is 6.20. The molecule has 2 aliphatic heterocycles. The number of carbonyl (C=O) groups is 2. The van der Waals surface area contributed by atoms with Crippen LogP contribution in [-0.2, 0) is 16.1 Å². The highest BCUT2D eigenvalue weighted by molar-refractivity contribution is 8.00. The van der Waals surface area contributed by atoms with E-state index in [1.165, 1.54) is 11.8 Å². The van der Waals surface area contributed by atoms with Gasteiger partial charge < -0.3 is 19.4 Å². The smallest absolute Gasteiger partial charge is 0.262 e. The van der Waals surface area contributed by atoms with Crippen molar-refractivity contribution in [2.45, 2.75) is 42.8 Å². The molecule has 2 unspecified atom stereocenters. The highest BCUT2D eigenvalue weighted by atomic mass is 32.2. The maximum Gasteiger partial charge on any atom is 0.262 e. The van der Waals surface area contributed by atoms with Crippen molar-refractivity contribution in [3.05, 3.63) is 60.3 Å². The number of carbonyl (C=O) groups excluding carboxylic acids is 2. The van der Waals surface area contributed by atoms with Gasteiger partial charge in [0.05, 0.1) is 35.5 Å². The largest absolute Gasteiger partial charge is 0.482 e. The van der Waals surface area contributed by atoms with Crippen LogP contribution in [0.4, 0.5) is 5.69 Å². The van der Waals surface area contributed by atoms with Gasteiger partial charge >= 0.3 is 0 Å². The van der Waals surface area contributed by atoms with Gasteiger partial charge in [-0.3, -0.25) is 9.59 Å². The van der Waals surface area contributed by atoms with Crippen LogP contribution in [0.3, 0.4) is 0 Å². The van der Waals surface area contributed by atoms with Crippen LogP contribution in [0.25, 0.3) is 11.3 Å². The van der Waals surface area contributed by atoms with Crippen molar-refractivity contribution in [3.8, 4) is 17.0 Å². The minimum Gasteiger partial charge on any atom is -0.482 e. The predicted octanol–water partition coefficient (Wildman–Crippen LogP) is 4.42. The summed E-state index contributed by atoms with van der Waals surface area (Å²) in [5, 5.41) is 3.19. The Balaban J connectivity index is 1.39. The van der Waals surface area contributed by atoms with Crippen LogP contribution in [0, 0.1) is 0 Å². The number of hydrogen-bond acceptors (Lipinski definition) is 6. The Hall–Kier alpha value is -3.10. The highest BCUT2D eigenvalue weighted by Gasteiger charge is 2.25. The second-order valence-corrected chi connectivity index (χ2v) is 9.52. The number of hydrogen-bond donors (Lipinski definition) is 1. The molecule has 0 radical (unpaired) electrons. The summed E-state index contributed by atoms with van der Waals surface area (Å²) in [6, 6.07) is 15.3. The molecule has 5 rings (SSSR count).